The fourth-order valence-corrected chi connectivity index (χ4v) is 3.31. The van der Waals surface area contributed by atoms with E-state index in [0.29, 0.717) is 5.75 Å². The largest absolute Gasteiger partial charge is 0.508 e. The Hall–Kier alpha value is -1.31. The minimum absolute atomic E-state index is 0.167. The average Bonchev–Trinajstić information content (AvgIpc) is 2.57. The quantitative estimate of drug-likeness (QED) is 0.723. The number of ketones is 1. The fourth-order valence-electron chi connectivity index (χ4n) is 3.31. The molecule has 0 aliphatic heterocycles. The first-order valence-corrected chi connectivity index (χ1v) is 6.09. The van der Waals surface area contributed by atoms with Crippen molar-refractivity contribution >= 4 is 5.78 Å². The SMILES string of the molecule is O=C1c2cccc(O)c2CC12CCCCC2. The van der Waals surface area contributed by atoms with E-state index >= 15 is 0 Å². The number of fused-ring (bicyclic) bond motifs is 1. The molecule has 2 nitrogen and oxygen atoms in total. The molecule has 1 saturated carbocycles. The number of carbonyl (C=O) groups is 1. The van der Waals surface area contributed by atoms with Gasteiger partial charge in [-0.3, -0.25) is 4.79 Å². The Morgan fingerprint density at radius 3 is 2.56 bits per heavy atom. The van der Waals surface area contributed by atoms with Gasteiger partial charge in [-0.1, -0.05) is 31.4 Å². The Morgan fingerprint density at radius 1 is 1.12 bits per heavy atom. The Morgan fingerprint density at radius 2 is 1.88 bits per heavy atom. The van der Waals surface area contributed by atoms with Crippen LogP contribution in [-0.2, 0) is 6.42 Å². The lowest BCUT2D eigenvalue weighted by molar-refractivity contribution is 0.0748. The third kappa shape index (κ3) is 1.22. The first-order chi connectivity index (χ1) is 7.73. The van der Waals surface area contributed by atoms with Crippen LogP contribution in [-0.4, -0.2) is 10.9 Å². The molecular formula is C14H16O2. The molecule has 1 aromatic carbocycles. The molecule has 1 N–H and O–H groups in total. The van der Waals surface area contributed by atoms with Crippen molar-refractivity contribution in [3.8, 4) is 5.75 Å². The lowest BCUT2D eigenvalue weighted by Crippen LogP contribution is -2.30. The van der Waals surface area contributed by atoms with Crippen molar-refractivity contribution in [2.24, 2.45) is 5.41 Å². The van der Waals surface area contributed by atoms with Gasteiger partial charge in [0.1, 0.15) is 5.75 Å². The van der Waals surface area contributed by atoms with Crippen LogP contribution in [0.5, 0.6) is 5.75 Å². The molecule has 0 atom stereocenters. The summed E-state index contributed by atoms with van der Waals surface area (Å²) in [5.74, 6) is 0.575. The molecule has 1 spiro atoms. The summed E-state index contributed by atoms with van der Waals surface area (Å²) in [6, 6.07) is 5.32. The predicted octanol–water partition coefficient (Wildman–Crippen LogP) is 3.08. The molecule has 2 aliphatic carbocycles. The van der Waals surface area contributed by atoms with Crippen LogP contribution in [0.25, 0.3) is 0 Å². The summed E-state index contributed by atoms with van der Waals surface area (Å²) in [4.78, 5) is 12.4. The van der Waals surface area contributed by atoms with E-state index in [2.05, 4.69) is 0 Å². The van der Waals surface area contributed by atoms with Crippen LogP contribution >= 0.6 is 0 Å². The van der Waals surface area contributed by atoms with Gasteiger partial charge in [0.25, 0.3) is 0 Å². The van der Waals surface area contributed by atoms with E-state index in [0.717, 1.165) is 43.2 Å². The van der Waals surface area contributed by atoms with Crippen LogP contribution in [0.3, 0.4) is 0 Å². The molecule has 2 aliphatic rings. The molecule has 0 unspecified atom stereocenters. The number of phenolic OH excluding ortho intramolecular Hbond substituents is 1. The second-order valence-electron chi connectivity index (χ2n) is 5.15. The molecule has 0 aromatic heterocycles. The predicted molar refractivity (Wildman–Crippen MR) is 61.7 cm³/mol. The maximum absolute atomic E-state index is 12.4. The highest BCUT2D eigenvalue weighted by Gasteiger charge is 2.46. The van der Waals surface area contributed by atoms with Gasteiger partial charge < -0.3 is 5.11 Å². The van der Waals surface area contributed by atoms with Gasteiger partial charge in [-0.25, -0.2) is 0 Å². The van der Waals surface area contributed by atoms with E-state index in [4.69, 9.17) is 0 Å². The van der Waals surface area contributed by atoms with E-state index in [9.17, 15) is 9.90 Å². The van der Waals surface area contributed by atoms with E-state index in [1.807, 2.05) is 6.07 Å². The summed E-state index contributed by atoms with van der Waals surface area (Å²) in [7, 11) is 0. The second kappa shape index (κ2) is 3.34. The van der Waals surface area contributed by atoms with Crippen molar-refractivity contribution in [1.82, 2.24) is 0 Å². The lowest BCUT2D eigenvalue weighted by atomic mass is 9.71. The maximum Gasteiger partial charge on any atom is 0.169 e. The number of hydrogen-bond acceptors (Lipinski definition) is 2. The standard InChI is InChI=1S/C14H16O2/c15-12-6-4-5-10-11(12)9-14(13(10)16)7-2-1-3-8-14/h4-6,15H,1-3,7-9H2. The number of hydrogen-bond donors (Lipinski definition) is 1. The fraction of sp³-hybridized carbons (Fsp3) is 0.500. The smallest absolute Gasteiger partial charge is 0.169 e. The van der Waals surface area contributed by atoms with Gasteiger partial charge in [0.05, 0.1) is 0 Å². The number of carbonyl (C=O) groups excluding carboxylic acids is 1. The van der Waals surface area contributed by atoms with Crippen molar-refractivity contribution in [1.29, 1.82) is 0 Å². The van der Waals surface area contributed by atoms with Gasteiger partial charge >= 0.3 is 0 Å². The van der Waals surface area contributed by atoms with Crippen molar-refractivity contribution in [3.05, 3.63) is 29.3 Å². The van der Waals surface area contributed by atoms with Crippen LogP contribution < -0.4 is 0 Å². The molecule has 0 saturated heterocycles. The van der Waals surface area contributed by atoms with Crippen LogP contribution in [0.1, 0.15) is 48.0 Å². The number of phenols is 1. The molecule has 0 heterocycles. The molecule has 1 aromatic rings. The zero-order valence-electron chi connectivity index (χ0n) is 9.33. The topological polar surface area (TPSA) is 37.3 Å². The Balaban J connectivity index is 2.05. The van der Waals surface area contributed by atoms with Crippen molar-refractivity contribution < 1.29 is 9.90 Å². The van der Waals surface area contributed by atoms with Crippen molar-refractivity contribution in [2.75, 3.05) is 0 Å². The average molecular weight is 216 g/mol. The molecule has 2 heteroatoms. The summed E-state index contributed by atoms with van der Waals surface area (Å²) in [5.41, 5.74) is 1.48. The van der Waals surface area contributed by atoms with Crippen LogP contribution in [0, 0.1) is 5.41 Å². The molecule has 0 bridgehead atoms. The van der Waals surface area contributed by atoms with E-state index in [-0.39, 0.29) is 11.2 Å². The summed E-state index contributed by atoms with van der Waals surface area (Å²) >= 11 is 0. The summed E-state index contributed by atoms with van der Waals surface area (Å²) < 4.78 is 0. The second-order valence-corrected chi connectivity index (χ2v) is 5.15. The Labute approximate surface area is 95.3 Å². The summed E-state index contributed by atoms with van der Waals surface area (Å²) in [5, 5.41) is 9.81. The van der Waals surface area contributed by atoms with Crippen LogP contribution in [0.4, 0.5) is 0 Å². The molecule has 3 rings (SSSR count). The third-order valence-corrected chi connectivity index (χ3v) is 4.20. The Kier molecular flexibility index (Phi) is 2.06. The minimum atomic E-state index is -0.167. The van der Waals surface area contributed by atoms with E-state index < -0.39 is 0 Å². The highest BCUT2D eigenvalue weighted by atomic mass is 16.3. The summed E-state index contributed by atoms with van der Waals surface area (Å²) in [6.45, 7) is 0. The van der Waals surface area contributed by atoms with Gasteiger partial charge in [0.15, 0.2) is 5.78 Å². The molecule has 84 valence electrons. The zero-order valence-corrected chi connectivity index (χ0v) is 9.33. The monoisotopic (exact) mass is 216 g/mol. The summed E-state index contributed by atoms with van der Waals surface area (Å²) in [6.07, 6.45) is 6.31. The highest BCUT2D eigenvalue weighted by molar-refractivity contribution is 6.05. The first-order valence-electron chi connectivity index (χ1n) is 6.09. The van der Waals surface area contributed by atoms with Gasteiger partial charge in [0, 0.05) is 16.5 Å². The number of aromatic hydroxyl groups is 1. The van der Waals surface area contributed by atoms with Gasteiger partial charge in [-0.2, -0.15) is 0 Å². The number of Topliss-reactive ketones (excluding diaryl/α,β-unsaturated/α-hetero) is 1. The van der Waals surface area contributed by atoms with Crippen LogP contribution in [0.15, 0.2) is 18.2 Å². The number of rotatable bonds is 0. The van der Waals surface area contributed by atoms with Gasteiger partial charge in [0.2, 0.25) is 0 Å². The van der Waals surface area contributed by atoms with Crippen molar-refractivity contribution in [2.45, 2.75) is 38.5 Å². The molecule has 0 amide bonds. The van der Waals surface area contributed by atoms with Crippen molar-refractivity contribution in [3.63, 3.8) is 0 Å². The van der Waals surface area contributed by atoms with Crippen LogP contribution in [0.2, 0.25) is 0 Å². The molecule has 0 radical (unpaired) electrons. The van der Waals surface area contributed by atoms with E-state index in [1.165, 1.54) is 6.42 Å². The third-order valence-electron chi connectivity index (χ3n) is 4.20. The normalized spacial score (nSPS) is 22.4. The molecular weight excluding hydrogens is 200 g/mol. The first kappa shape index (κ1) is 9.88. The van der Waals surface area contributed by atoms with E-state index in [1.54, 1.807) is 12.1 Å². The molecule has 16 heavy (non-hydrogen) atoms. The minimum Gasteiger partial charge on any atom is -0.508 e. The number of benzene rings is 1. The zero-order chi connectivity index (χ0) is 11.2. The molecule has 1 fully saturated rings. The maximum atomic E-state index is 12.4. The van der Waals surface area contributed by atoms with Gasteiger partial charge in [-0.05, 0) is 25.3 Å². The highest BCUT2D eigenvalue weighted by Crippen LogP contribution is 2.48. The lowest BCUT2D eigenvalue weighted by Gasteiger charge is -2.31. The Bertz CT molecular complexity index is 442. The van der Waals surface area contributed by atoms with Gasteiger partial charge in [-0.15, -0.1) is 0 Å².